The zero-order valence-corrected chi connectivity index (χ0v) is 14.9. The van der Waals surface area contributed by atoms with Crippen molar-refractivity contribution >= 4 is 15.7 Å². The fourth-order valence-corrected chi connectivity index (χ4v) is 4.59. The number of amides is 1. The van der Waals surface area contributed by atoms with Crippen molar-refractivity contribution in [1.29, 1.82) is 0 Å². The fraction of sp³-hybridized carbons (Fsp3) is 0.812. The van der Waals surface area contributed by atoms with E-state index in [1.165, 1.54) is 6.26 Å². The quantitative estimate of drug-likeness (QED) is 0.630. The van der Waals surface area contributed by atoms with Crippen LogP contribution in [0, 0.1) is 17.8 Å². The summed E-state index contributed by atoms with van der Waals surface area (Å²) >= 11 is 0. The van der Waals surface area contributed by atoms with Crippen LogP contribution in [0.4, 0.5) is 0 Å². The third-order valence-corrected chi connectivity index (χ3v) is 5.72. The Morgan fingerprint density at radius 1 is 1.29 bits per heavy atom. The largest absolute Gasteiger partial charge is 0.381 e. The van der Waals surface area contributed by atoms with Crippen LogP contribution in [-0.4, -0.2) is 51.8 Å². The molecule has 1 N–H and O–H groups in total. The first-order chi connectivity index (χ1) is 11.3. The van der Waals surface area contributed by atoms with Gasteiger partial charge in [-0.25, -0.2) is 8.42 Å². The van der Waals surface area contributed by atoms with Crippen LogP contribution >= 0.6 is 0 Å². The second-order valence-corrected chi connectivity index (χ2v) is 8.99. The molecular formula is C16H25N3O4S. The van der Waals surface area contributed by atoms with E-state index in [0.29, 0.717) is 58.3 Å². The van der Waals surface area contributed by atoms with Gasteiger partial charge in [-0.05, 0) is 12.8 Å². The summed E-state index contributed by atoms with van der Waals surface area (Å²) in [5, 5.41) is 10.9. The Balaban J connectivity index is 1.81. The topological polar surface area (TPSA) is 97.2 Å². The molecule has 0 saturated carbocycles. The summed E-state index contributed by atoms with van der Waals surface area (Å²) in [6, 6.07) is 0. The van der Waals surface area contributed by atoms with E-state index in [-0.39, 0.29) is 11.7 Å². The molecule has 8 heteroatoms. The molecule has 0 aromatic rings. The first-order valence-corrected chi connectivity index (χ1v) is 10.2. The van der Waals surface area contributed by atoms with Gasteiger partial charge in [0.1, 0.15) is 9.84 Å². The SMILES string of the molecule is C#CCCC1(CCC(=O)NCC2(CS(C)(=O)=O)CCOCC2)N=N1. The van der Waals surface area contributed by atoms with Gasteiger partial charge in [0.25, 0.3) is 0 Å². The van der Waals surface area contributed by atoms with E-state index in [2.05, 4.69) is 21.5 Å². The van der Waals surface area contributed by atoms with E-state index in [0.717, 1.165) is 0 Å². The van der Waals surface area contributed by atoms with Gasteiger partial charge in [-0.1, -0.05) is 0 Å². The summed E-state index contributed by atoms with van der Waals surface area (Å²) < 4.78 is 28.8. The molecule has 7 nitrogen and oxygen atoms in total. The minimum absolute atomic E-state index is 0.0699. The Bertz CT molecular complexity index is 624. The minimum atomic E-state index is -3.12. The molecule has 2 heterocycles. The number of hydrogen-bond acceptors (Lipinski definition) is 6. The van der Waals surface area contributed by atoms with Gasteiger partial charge in [0.15, 0.2) is 5.66 Å². The predicted molar refractivity (Wildman–Crippen MR) is 90.1 cm³/mol. The van der Waals surface area contributed by atoms with Gasteiger partial charge in [0.2, 0.25) is 5.91 Å². The maximum absolute atomic E-state index is 12.1. The number of hydrogen-bond donors (Lipinski definition) is 1. The van der Waals surface area contributed by atoms with Crippen molar-refractivity contribution < 1.29 is 17.9 Å². The van der Waals surface area contributed by atoms with E-state index in [4.69, 9.17) is 11.2 Å². The summed E-state index contributed by atoms with van der Waals surface area (Å²) in [6.07, 6.45) is 9.86. The second kappa shape index (κ2) is 7.62. The van der Waals surface area contributed by atoms with Gasteiger partial charge in [0, 0.05) is 57.1 Å². The zero-order valence-electron chi connectivity index (χ0n) is 14.1. The van der Waals surface area contributed by atoms with Crippen molar-refractivity contribution in [2.24, 2.45) is 15.6 Å². The van der Waals surface area contributed by atoms with Crippen LogP contribution in [0.15, 0.2) is 10.2 Å². The van der Waals surface area contributed by atoms with Gasteiger partial charge < -0.3 is 10.1 Å². The summed E-state index contributed by atoms with van der Waals surface area (Å²) in [5.41, 5.74) is -0.899. The number of rotatable bonds is 9. The highest BCUT2D eigenvalue weighted by atomic mass is 32.2. The summed E-state index contributed by atoms with van der Waals surface area (Å²) in [4.78, 5) is 12.1. The van der Waals surface area contributed by atoms with Crippen molar-refractivity contribution in [3.05, 3.63) is 0 Å². The highest BCUT2D eigenvalue weighted by molar-refractivity contribution is 7.90. The maximum Gasteiger partial charge on any atom is 0.220 e. The standard InChI is InChI=1S/C16H25N3O4S/c1-3-4-6-16(18-19-16)7-5-14(20)17-12-15(13-24(2,21)22)8-10-23-11-9-15/h1H,4-13H2,2H3,(H,17,20). The Morgan fingerprint density at radius 2 is 1.96 bits per heavy atom. The van der Waals surface area contributed by atoms with Crippen LogP contribution in [0.3, 0.4) is 0 Å². The molecular weight excluding hydrogens is 330 g/mol. The predicted octanol–water partition coefficient (Wildman–Crippen LogP) is 1.30. The highest BCUT2D eigenvalue weighted by Crippen LogP contribution is 2.37. The van der Waals surface area contributed by atoms with E-state index < -0.39 is 20.9 Å². The fourth-order valence-electron chi connectivity index (χ4n) is 3.09. The molecule has 2 rings (SSSR count). The molecule has 0 spiro atoms. The zero-order chi connectivity index (χ0) is 17.7. The molecule has 2 aliphatic rings. The average molecular weight is 355 g/mol. The molecule has 0 aromatic heterocycles. The third kappa shape index (κ3) is 5.87. The van der Waals surface area contributed by atoms with Crippen molar-refractivity contribution in [1.82, 2.24) is 5.32 Å². The Labute approximate surface area is 143 Å². The van der Waals surface area contributed by atoms with Crippen LogP contribution in [0.25, 0.3) is 0 Å². The average Bonchev–Trinajstić information content (AvgIpc) is 3.29. The highest BCUT2D eigenvalue weighted by Gasteiger charge is 2.40. The van der Waals surface area contributed by atoms with Crippen LogP contribution < -0.4 is 5.32 Å². The van der Waals surface area contributed by atoms with Gasteiger partial charge in [0.05, 0.1) is 5.75 Å². The third-order valence-electron chi connectivity index (χ3n) is 4.59. The molecule has 0 aromatic carbocycles. The van der Waals surface area contributed by atoms with Crippen molar-refractivity contribution in [3.63, 3.8) is 0 Å². The Kier molecular flexibility index (Phi) is 5.99. The van der Waals surface area contributed by atoms with Crippen molar-refractivity contribution in [2.75, 3.05) is 31.8 Å². The Hall–Kier alpha value is -1.46. The van der Waals surface area contributed by atoms with Crippen LogP contribution in [-0.2, 0) is 19.4 Å². The molecule has 134 valence electrons. The van der Waals surface area contributed by atoms with Crippen LogP contribution in [0.2, 0.25) is 0 Å². The molecule has 24 heavy (non-hydrogen) atoms. The lowest BCUT2D eigenvalue weighted by molar-refractivity contribution is -0.122. The van der Waals surface area contributed by atoms with E-state index in [9.17, 15) is 13.2 Å². The van der Waals surface area contributed by atoms with Crippen LogP contribution in [0.1, 0.15) is 38.5 Å². The molecule has 0 bridgehead atoms. The van der Waals surface area contributed by atoms with Gasteiger partial charge in [-0.15, -0.1) is 12.3 Å². The summed E-state index contributed by atoms with van der Waals surface area (Å²) in [6.45, 7) is 1.41. The second-order valence-electron chi connectivity index (χ2n) is 6.85. The number of ether oxygens (including phenoxy) is 1. The molecule has 0 radical (unpaired) electrons. The van der Waals surface area contributed by atoms with Gasteiger partial charge in [-0.3, -0.25) is 4.79 Å². The number of nitrogens with one attached hydrogen (secondary N) is 1. The first-order valence-electron chi connectivity index (χ1n) is 8.18. The van der Waals surface area contributed by atoms with E-state index >= 15 is 0 Å². The number of terminal acetylenes is 1. The van der Waals surface area contributed by atoms with E-state index in [1.807, 2.05) is 0 Å². The monoisotopic (exact) mass is 355 g/mol. The van der Waals surface area contributed by atoms with Crippen LogP contribution in [0.5, 0.6) is 0 Å². The lowest BCUT2D eigenvalue weighted by atomic mass is 9.82. The number of carbonyl (C=O) groups is 1. The minimum Gasteiger partial charge on any atom is -0.381 e. The molecule has 0 atom stereocenters. The maximum atomic E-state index is 12.1. The van der Waals surface area contributed by atoms with Gasteiger partial charge >= 0.3 is 0 Å². The molecule has 0 aliphatic carbocycles. The lowest BCUT2D eigenvalue weighted by Crippen LogP contribution is -2.45. The summed E-state index contributed by atoms with van der Waals surface area (Å²) in [7, 11) is -3.12. The number of carbonyl (C=O) groups excluding carboxylic acids is 1. The lowest BCUT2D eigenvalue weighted by Gasteiger charge is -2.36. The Morgan fingerprint density at radius 3 is 2.50 bits per heavy atom. The molecule has 2 aliphatic heterocycles. The van der Waals surface area contributed by atoms with E-state index in [1.54, 1.807) is 0 Å². The summed E-state index contributed by atoms with van der Waals surface area (Å²) in [5.74, 6) is 2.52. The molecule has 1 fully saturated rings. The molecule has 1 amide bonds. The number of nitrogens with zero attached hydrogens (tertiary/aromatic N) is 2. The normalized spacial score (nSPS) is 21.0. The smallest absolute Gasteiger partial charge is 0.220 e. The first kappa shape index (κ1) is 18.9. The molecule has 0 unspecified atom stereocenters. The van der Waals surface area contributed by atoms with Crippen molar-refractivity contribution in [3.8, 4) is 12.3 Å². The molecule has 1 saturated heterocycles. The number of sulfone groups is 1. The van der Waals surface area contributed by atoms with Crippen molar-refractivity contribution in [2.45, 2.75) is 44.2 Å². The van der Waals surface area contributed by atoms with Gasteiger partial charge in [-0.2, -0.15) is 10.2 Å².